The SMILES string of the molecule is C[C@@H](c1cccc(C(F)(F)F)c1)N1CC[C@](CCCO)(c2ccc(F)cc2)OC1=O. The highest BCUT2D eigenvalue weighted by Crippen LogP contribution is 2.41. The van der Waals surface area contributed by atoms with Crippen molar-refractivity contribution in [3.63, 3.8) is 0 Å². The first kappa shape index (κ1) is 22.1. The molecule has 2 aromatic carbocycles. The molecule has 0 spiro atoms. The van der Waals surface area contributed by atoms with E-state index in [1.165, 1.54) is 23.1 Å². The molecule has 1 aliphatic heterocycles. The molecule has 1 aliphatic rings. The van der Waals surface area contributed by atoms with Crippen LogP contribution in [0.3, 0.4) is 0 Å². The molecular weight excluding hydrogens is 402 g/mol. The number of ether oxygens (including phenoxy) is 1. The first-order valence-corrected chi connectivity index (χ1v) is 9.70. The third-order valence-corrected chi connectivity index (χ3v) is 5.55. The topological polar surface area (TPSA) is 49.8 Å². The van der Waals surface area contributed by atoms with Gasteiger partial charge in [-0.15, -0.1) is 0 Å². The Balaban J connectivity index is 1.83. The average Bonchev–Trinajstić information content (AvgIpc) is 2.72. The molecule has 1 amide bonds. The van der Waals surface area contributed by atoms with Crippen LogP contribution in [0.4, 0.5) is 22.4 Å². The Hall–Kier alpha value is -2.61. The second-order valence-corrected chi connectivity index (χ2v) is 7.44. The summed E-state index contributed by atoms with van der Waals surface area (Å²) in [6.07, 6.45) is -4.03. The molecule has 0 aliphatic carbocycles. The van der Waals surface area contributed by atoms with Crippen LogP contribution in [0.5, 0.6) is 0 Å². The molecule has 0 saturated carbocycles. The normalized spacial score (nSPS) is 20.7. The number of aliphatic hydroxyl groups is 1. The van der Waals surface area contributed by atoms with Gasteiger partial charge in [-0.1, -0.05) is 24.3 Å². The number of hydrogen-bond donors (Lipinski definition) is 1. The summed E-state index contributed by atoms with van der Waals surface area (Å²) >= 11 is 0. The van der Waals surface area contributed by atoms with Crippen LogP contribution in [-0.2, 0) is 16.5 Å². The van der Waals surface area contributed by atoms with Gasteiger partial charge in [0.15, 0.2) is 0 Å². The van der Waals surface area contributed by atoms with Gasteiger partial charge in [-0.2, -0.15) is 13.2 Å². The summed E-state index contributed by atoms with van der Waals surface area (Å²) in [7, 11) is 0. The molecule has 4 nitrogen and oxygen atoms in total. The van der Waals surface area contributed by atoms with Gasteiger partial charge < -0.3 is 14.7 Å². The van der Waals surface area contributed by atoms with E-state index in [-0.39, 0.29) is 13.2 Å². The molecule has 1 fully saturated rings. The number of cyclic esters (lactones) is 1. The number of carbonyl (C=O) groups is 1. The van der Waals surface area contributed by atoms with Crippen molar-refractivity contribution in [2.75, 3.05) is 13.2 Å². The van der Waals surface area contributed by atoms with E-state index in [1.54, 1.807) is 25.1 Å². The molecule has 1 N–H and O–H groups in total. The standard InChI is InChI=1S/C22H23F4NO3/c1-15(16-4-2-5-18(14-16)22(24,25)26)27-12-11-21(10-3-13-28,30-20(27)29)17-6-8-19(23)9-7-17/h2,4-9,14-15,28H,3,10-13H2,1H3/t15-,21+/m0/s1. The van der Waals surface area contributed by atoms with E-state index in [4.69, 9.17) is 4.74 Å². The summed E-state index contributed by atoms with van der Waals surface area (Å²) in [5.41, 5.74) is -0.818. The number of halogens is 4. The molecule has 0 radical (unpaired) electrons. The van der Waals surface area contributed by atoms with Crippen molar-refractivity contribution in [2.24, 2.45) is 0 Å². The van der Waals surface area contributed by atoms with E-state index < -0.39 is 35.3 Å². The minimum atomic E-state index is -4.47. The van der Waals surface area contributed by atoms with Crippen LogP contribution in [0.1, 0.15) is 48.9 Å². The second-order valence-electron chi connectivity index (χ2n) is 7.44. The lowest BCUT2D eigenvalue weighted by Crippen LogP contribution is -2.48. The lowest BCUT2D eigenvalue weighted by molar-refractivity contribution is -0.137. The van der Waals surface area contributed by atoms with Crippen LogP contribution in [0.2, 0.25) is 0 Å². The molecule has 2 atom stereocenters. The number of aliphatic hydroxyl groups excluding tert-OH is 1. The number of amides is 1. The van der Waals surface area contributed by atoms with Crippen molar-refractivity contribution in [3.8, 4) is 0 Å². The Kier molecular flexibility index (Phi) is 6.36. The Morgan fingerprint density at radius 2 is 1.90 bits per heavy atom. The lowest BCUT2D eigenvalue weighted by Gasteiger charge is -2.43. The highest BCUT2D eigenvalue weighted by atomic mass is 19.4. The van der Waals surface area contributed by atoms with Crippen molar-refractivity contribution in [1.82, 2.24) is 4.90 Å². The molecule has 2 aromatic rings. The third kappa shape index (κ3) is 4.59. The fraction of sp³-hybridized carbons (Fsp3) is 0.409. The molecular formula is C22H23F4NO3. The summed E-state index contributed by atoms with van der Waals surface area (Å²) in [5.74, 6) is -0.419. The van der Waals surface area contributed by atoms with Crippen molar-refractivity contribution in [1.29, 1.82) is 0 Å². The average molecular weight is 425 g/mol. The van der Waals surface area contributed by atoms with Crippen molar-refractivity contribution in [3.05, 3.63) is 71.0 Å². The van der Waals surface area contributed by atoms with Crippen LogP contribution in [-0.4, -0.2) is 29.3 Å². The first-order valence-electron chi connectivity index (χ1n) is 9.70. The first-order chi connectivity index (χ1) is 14.2. The van der Waals surface area contributed by atoms with E-state index in [9.17, 15) is 27.5 Å². The van der Waals surface area contributed by atoms with Crippen molar-refractivity contribution >= 4 is 6.09 Å². The minimum absolute atomic E-state index is 0.0924. The smallest absolute Gasteiger partial charge is 0.416 e. The summed E-state index contributed by atoms with van der Waals surface area (Å²) in [4.78, 5) is 14.2. The number of hydrogen-bond acceptors (Lipinski definition) is 3. The van der Waals surface area contributed by atoms with Gasteiger partial charge in [0.2, 0.25) is 0 Å². The highest BCUT2D eigenvalue weighted by Gasteiger charge is 2.43. The second kappa shape index (κ2) is 8.63. The molecule has 3 rings (SSSR count). The van der Waals surface area contributed by atoms with Crippen LogP contribution in [0.15, 0.2) is 48.5 Å². The van der Waals surface area contributed by atoms with E-state index in [0.29, 0.717) is 30.4 Å². The zero-order chi connectivity index (χ0) is 21.9. The third-order valence-electron chi connectivity index (χ3n) is 5.55. The number of rotatable bonds is 6. The Labute approximate surface area is 172 Å². The number of carbonyl (C=O) groups excluding carboxylic acids is 1. The Morgan fingerprint density at radius 3 is 2.50 bits per heavy atom. The minimum Gasteiger partial charge on any atom is -0.438 e. The van der Waals surface area contributed by atoms with Gasteiger partial charge >= 0.3 is 12.3 Å². The molecule has 162 valence electrons. The zero-order valence-corrected chi connectivity index (χ0v) is 16.5. The van der Waals surface area contributed by atoms with Gasteiger partial charge in [0.1, 0.15) is 11.4 Å². The maximum atomic E-state index is 13.3. The van der Waals surface area contributed by atoms with Gasteiger partial charge in [-0.25, -0.2) is 9.18 Å². The lowest BCUT2D eigenvalue weighted by atomic mass is 9.84. The van der Waals surface area contributed by atoms with Crippen LogP contribution >= 0.6 is 0 Å². The summed E-state index contributed by atoms with van der Waals surface area (Å²) in [5, 5.41) is 9.25. The largest absolute Gasteiger partial charge is 0.438 e. The van der Waals surface area contributed by atoms with E-state index >= 15 is 0 Å². The molecule has 0 unspecified atom stereocenters. The monoisotopic (exact) mass is 425 g/mol. The fourth-order valence-corrected chi connectivity index (χ4v) is 3.82. The number of nitrogens with zero attached hydrogens (tertiary/aromatic N) is 1. The predicted octanol–water partition coefficient (Wildman–Crippen LogP) is 5.42. The summed E-state index contributed by atoms with van der Waals surface area (Å²) < 4.78 is 58.2. The van der Waals surface area contributed by atoms with Gasteiger partial charge in [0.05, 0.1) is 11.6 Å². The fourth-order valence-electron chi connectivity index (χ4n) is 3.82. The zero-order valence-electron chi connectivity index (χ0n) is 16.5. The quantitative estimate of drug-likeness (QED) is 0.629. The van der Waals surface area contributed by atoms with Gasteiger partial charge in [-0.3, -0.25) is 0 Å². The van der Waals surface area contributed by atoms with Crippen LogP contribution in [0.25, 0.3) is 0 Å². The summed E-state index contributed by atoms with van der Waals surface area (Å²) in [6, 6.07) is 9.91. The molecule has 30 heavy (non-hydrogen) atoms. The number of alkyl halides is 3. The maximum Gasteiger partial charge on any atom is 0.416 e. The van der Waals surface area contributed by atoms with E-state index in [1.807, 2.05) is 0 Å². The highest BCUT2D eigenvalue weighted by molar-refractivity contribution is 5.70. The maximum absolute atomic E-state index is 13.3. The Bertz CT molecular complexity index is 885. The van der Waals surface area contributed by atoms with Gasteiger partial charge in [-0.05, 0) is 55.2 Å². The van der Waals surface area contributed by atoms with E-state index in [2.05, 4.69) is 0 Å². The molecule has 1 saturated heterocycles. The molecule has 0 bridgehead atoms. The van der Waals surface area contributed by atoms with E-state index in [0.717, 1.165) is 12.1 Å². The molecule has 1 heterocycles. The van der Waals surface area contributed by atoms with Gasteiger partial charge in [0.25, 0.3) is 0 Å². The van der Waals surface area contributed by atoms with Crippen molar-refractivity contribution in [2.45, 2.75) is 44.0 Å². The number of benzene rings is 2. The van der Waals surface area contributed by atoms with Gasteiger partial charge in [0, 0.05) is 19.6 Å². The summed E-state index contributed by atoms with van der Waals surface area (Å²) in [6.45, 7) is 1.80. The van der Waals surface area contributed by atoms with Crippen LogP contribution < -0.4 is 0 Å². The molecule has 8 heteroatoms. The van der Waals surface area contributed by atoms with Crippen molar-refractivity contribution < 1.29 is 32.2 Å². The predicted molar refractivity (Wildman–Crippen MR) is 102 cm³/mol. The Morgan fingerprint density at radius 1 is 1.20 bits per heavy atom. The van der Waals surface area contributed by atoms with Crippen LogP contribution in [0, 0.1) is 5.82 Å². The molecule has 0 aromatic heterocycles.